The lowest BCUT2D eigenvalue weighted by atomic mass is 10.1. The number of alkyl halides is 6. The van der Waals surface area contributed by atoms with Crippen molar-refractivity contribution in [1.82, 2.24) is 15.0 Å². The summed E-state index contributed by atoms with van der Waals surface area (Å²) < 4.78 is -3.72. The monoisotopic (exact) mass is 429 g/mol. The second kappa shape index (κ2) is 7.30. The van der Waals surface area contributed by atoms with E-state index in [9.17, 15) is 0 Å². The van der Waals surface area contributed by atoms with Gasteiger partial charge in [0.2, 0.25) is 7.59 Å². The lowest BCUT2D eigenvalue weighted by Gasteiger charge is -2.14. The molecule has 0 N–H and O–H groups in total. The zero-order chi connectivity index (χ0) is 17.3. The highest BCUT2D eigenvalue weighted by Crippen LogP contribution is 2.39. The molecular weight excluding hydrogens is 423 g/mol. The quantitative estimate of drug-likeness (QED) is 0.547. The number of hydrogen-bond acceptors (Lipinski definition) is 3. The first kappa shape index (κ1) is 19.0. The summed E-state index contributed by atoms with van der Waals surface area (Å²) in [6, 6.07) is 7.84. The van der Waals surface area contributed by atoms with Crippen molar-refractivity contribution in [2.75, 3.05) is 0 Å². The Morgan fingerprint density at radius 2 is 1.22 bits per heavy atom. The van der Waals surface area contributed by atoms with E-state index in [1.54, 1.807) is 12.2 Å². The summed E-state index contributed by atoms with van der Waals surface area (Å²) in [5.74, 6) is -0.0343. The highest BCUT2D eigenvalue weighted by Gasteiger charge is 2.33. The average Bonchev–Trinajstić information content (AvgIpc) is 2.44. The molecule has 23 heavy (non-hydrogen) atoms. The molecule has 1 aromatic heterocycles. The van der Waals surface area contributed by atoms with Crippen LogP contribution in [0.1, 0.15) is 28.6 Å². The fourth-order valence-electron chi connectivity index (χ4n) is 1.57. The zero-order valence-corrected chi connectivity index (χ0v) is 16.1. The standard InChI is InChI=1S/C14H9Cl6N3/c1-8-2-4-9(5-3-8)6-7-10-21-11(13(15,16)17)23-12(22-10)14(18,19)20/h2-7H,1H3/b7-6+. The van der Waals surface area contributed by atoms with Gasteiger partial charge in [0.15, 0.2) is 17.5 Å². The molecule has 0 spiro atoms. The maximum absolute atomic E-state index is 5.81. The van der Waals surface area contributed by atoms with Crippen LogP contribution in [0.3, 0.4) is 0 Å². The summed E-state index contributed by atoms with van der Waals surface area (Å²) in [5, 5.41) is 0. The molecule has 122 valence electrons. The van der Waals surface area contributed by atoms with E-state index in [1.165, 1.54) is 0 Å². The summed E-state index contributed by atoms with van der Waals surface area (Å²) >= 11 is 34.9. The molecule has 0 radical (unpaired) electrons. The zero-order valence-electron chi connectivity index (χ0n) is 11.6. The van der Waals surface area contributed by atoms with Crippen molar-refractivity contribution in [1.29, 1.82) is 0 Å². The van der Waals surface area contributed by atoms with Crippen LogP contribution >= 0.6 is 69.6 Å². The van der Waals surface area contributed by atoms with Crippen LogP contribution in [0.2, 0.25) is 0 Å². The topological polar surface area (TPSA) is 38.7 Å². The van der Waals surface area contributed by atoms with Crippen LogP contribution in [0.4, 0.5) is 0 Å². The number of aromatic nitrogens is 3. The van der Waals surface area contributed by atoms with Crippen LogP contribution in [0.15, 0.2) is 24.3 Å². The van der Waals surface area contributed by atoms with Crippen LogP contribution in [0.25, 0.3) is 12.2 Å². The third kappa shape index (κ3) is 5.63. The Morgan fingerprint density at radius 1 is 0.739 bits per heavy atom. The Morgan fingerprint density at radius 3 is 1.65 bits per heavy atom. The predicted octanol–water partition coefficient (Wildman–Crippen LogP) is 6.00. The summed E-state index contributed by atoms with van der Waals surface area (Å²) in [7, 11) is 0. The molecule has 1 heterocycles. The van der Waals surface area contributed by atoms with Gasteiger partial charge in [0.1, 0.15) is 0 Å². The van der Waals surface area contributed by atoms with E-state index >= 15 is 0 Å². The van der Waals surface area contributed by atoms with Crippen LogP contribution in [0.5, 0.6) is 0 Å². The van der Waals surface area contributed by atoms with Crippen molar-refractivity contribution >= 4 is 81.8 Å². The molecule has 0 unspecified atom stereocenters. The molecular formula is C14H9Cl6N3. The van der Waals surface area contributed by atoms with Crippen molar-refractivity contribution in [2.45, 2.75) is 14.5 Å². The lowest BCUT2D eigenvalue weighted by molar-refractivity contribution is 0.835. The Hall–Kier alpha value is -0.290. The first-order valence-electron chi connectivity index (χ1n) is 6.21. The van der Waals surface area contributed by atoms with E-state index in [1.807, 2.05) is 31.2 Å². The Labute approximate surface area is 163 Å². The number of aryl methyl sites for hydroxylation is 1. The fourth-order valence-corrected chi connectivity index (χ4v) is 2.08. The third-order valence-electron chi connectivity index (χ3n) is 2.66. The number of benzene rings is 1. The molecule has 2 rings (SSSR count). The van der Waals surface area contributed by atoms with Gasteiger partial charge in [-0.05, 0) is 18.6 Å². The predicted molar refractivity (Wildman–Crippen MR) is 98.4 cm³/mol. The molecule has 0 saturated carbocycles. The molecule has 0 saturated heterocycles. The van der Waals surface area contributed by atoms with Gasteiger partial charge in [-0.25, -0.2) is 15.0 Å². The summed E-state index contributed by atoms with van der Waals surface area (Å²) in [6.45, 7) is 2.00. The van der Waals surface area contributed by atoms with Gasteiger partial charge in [0.25, 0.3) is 0 Å². The first-order chi connectivity index (χ1) is 10.6. The number of nitrogens with zero attached hydrogens (tertiary/aromatic N) is 3. The number of halogens is 6. The molecule has 0 atom stereocenters. The van der Waals surface area contributed by atoms with Crippen LogP contribution < -0.4 is 0 Å². The molecule has 1 aromatic carbocycles. The second-order valence-electron chi connectivity index (χ2n) is 4.58. The average molecular weight is 432 g/mol. The highest BCUT2D eigenvalue weighted by atomic mass is 35.6. The Bertz CT molecular complexity index is 685. The number of hydrogen-bond donors (Lipinski definition) is 0. The van der Waals surface area contributed by atoms with Crippen molar-refractivity contribution in [2.24, 2.45) is 0 Å². The molecule has 0 amide bonds. The minimum absolute atomic E-state index is 0.123. The van der Waals surface area contributed by atoms with Gasteiger partial charge in [0, 0.05) is 0 Å². The maximum atomic E-state index is 5.81. The van der Waals surface area contributed by atoms with Crippen molar-refractivity contribution < 1.29 is 0 Å². The first-order valence-corrected chi connectivity index (χ1v) is 8.48. The van der Waals surface area contributed by atoms with Crippen molar-refractivity contribution in [3.8, 4) is 0 Å². The summed E-state index contributed by atoms with van der Waals surface area (Å²) in [5.41, 5.74) is 2.10. The molecule has 0 fully saturated rings. The third-order valence-corrected chi connectivity index (χ3v) is 3.68. The smallest absolute Gasteiger partial charge is 0.209 e. The largest absolute Gasteiger partial charge is 0.250 e. The molecule has 9 heteroatoms. The molecule has 2 aromatic rings. The fraction of sp³-hybridized carbons (Fsp3) is 0.214. The minimum atomic E-state index is -1.86. The SMILES string of the molecule is Cc1ccc(/C=C/c2nc(C(Cl)(Cl)Cl)nc(C(Cl)(Cl)Cl)n2)cc1. The molecule has 3 nitrogen and oxygen atoms in total. The molecule has 0 aliphatic carbocycles. The van der Waals surface area contributed by atoms with Gasteiger partial charge in [-0.3, -0.25) is 0 Å². The highest BCUT2D eigenvalue weighted by molar-refractivity contribution is 6.67. The van der Waals surface area contributed by atoms with E-state index in [2.05, 4.69) is 15.0 Å². The van der Waals surface area contributed by atoms with E-state index in [0.717, 1.165) is 11.1 Å². The van der Waals surface area contributed by atoms with E-state index in [0.29, 0.717) is 0 Å². The lowest BCUT2D eigenvalue weighted by Crippen LogP contribution is -2.16. The van der Waals surface area contributed by atoms with Gasteiger partial charge in [-0.2, -0.15) is 0 Å². The van der Waals surface area contributed by atoms with Gasteiger partial charge >= 0.3 is 0 Å². The molecule has 0 bridgehead atoms. The van der Waals surface area contributed by atoms with Crippen molar-refractivity contribution in [3.05, 3.63) is 52.9 Å². The maximum Gasteiger partial charge on any atom is 0.250 e. The minimum Gasteiger partial charge on any atom is -0.209 e. The molecule has 0 aliphatic heterocycles. The summed E-state index contributed by atoms with van der Waals surface area (Å²) in [4.78, 5) is 12.0. The van der Waals surface area contributed by atoms with E-state index < -0.39 is 7.59 Å². The van der Waals surface area contributed by atoms with E-state index in [-0.39, 0.29) is 17.5 Å². The van der Waals surface area contributed by atoms with Gasteiger partial charge in [-0.1, -0.05) is 106 Å². The van der Waals surface area contributed by atoms with Crippen molar-refractivity contribution in [3.63, 3.8) is 0 Å². The van der Waals surface area contributed by atoms with Crippen LogP contribution in [-0.2, 0) is 7.59 Å². The van der Waals surface area contributed by atoms with E-state index in [4.69, 9.17) is 69.6 Å². The summed E-state index contributed by atoms with van der Waals surface area (Å²) in [6.07, 6.45) is 3.41. The van der Waals surface area contributed by atoms with Crippen LogP contribution in [0, 0.1) is 6.92 Å². The Kier molecular flexibility index (Phi) is 6.04. The number of rotatable bonds is 2. The van der Waals surface area contributed by atoms with Crippen LogP contribution in [-0.4, -0.2) is 15.0 Å². The van der Waals surface area contributed by atoms with Gasteiger partial charge < -0.3 is 0 Å². The Balaban J connectivity index is 2.43. The second-order valence-corrected chi connectivity index (χ2v) is 9.14. The van der Waals surface area contributed by atoms with Gasteiger partial charge in [0.05, 0.1) is 0 Å². The van der Waals surface area contributed by atoms with Gasteiger partial charge in [-0.15, -0.1) is 0 Å². The normalized spacial score (nSPS) is 12.8. The molecule has 0 aliphatic rings.